The van der Waals surface area contributed by atoms with Crippen LogP contribution in [0.25, 0.3) is 11.2 Å². The third kappa shape index (κ3) is 1.75. The highest BCUT2D eigenvalue weighted by atomic mass is 35.5. The first-order chi connectivity index (χ1) is 8.70. The maximum atomic E-state index is 13.9. The predicted molar refractivity (Wildman–Crippen MR) is 60.8 cm³/mol. The van der Waals surface area contributed by atoms with Crippen molar-refractivity contribution in [3.8, 4) is 0 Å². The number of aliphatic hydroxyl groups is 1. The van der Waals surface area contributed by atoms with Crippen LogP contribution in [0.3, 0.4) is 0 Å². The summed E-state index contributed by atoms with van der Waals surface area (Å²) in [5.74, 6) is 0. The molecule has 0 spiro atoms. The van der Waals surface area contributed by atoms with Crippen molar-refractivity contribution in [3.05, 3.63) is 17.8 Å². The van der Waals surface area contributed by atoms with Crippen molar-refractivity contribution in [1.82, 2.24) is 19.5 Å². The second kappa shape index (κ2) is 4.42. The molecule has 1 N–H and O–H groups in total. The quantitative estimate of drug-likeness (QED) is 0.829. The molecule has 3 rings (SSSR count). The summed E-state index contributed by atoms with van der Waals surface area (Å²) >= 11 is 5.87. The first-order valence-corrected chi connectivity index (χ1v) is 5.82. The number of alkyl halides is 1. The molecule has 18 heavy (non-hydrogen) atoms. The Labute approximate surface area is 106 Å². The van der Waals surface area contributed by atoms with Gasteiger partial charge >= 0.3 is 0 Å². The third-order valence-corrected chi connectivity index (χ3v) is 3.20. The average Bonchev–Trinajstić information content (AvgIpc) is 2.93. The van der Waals surface area contributed by atoms with E-state index in [0.29, 0.717) is 11.2 Å². The van der Waals surface area contributed by atoms with Gasteiger partial charge in [-0.25, -0.2) is 19.3 Å². The summed E-state index contributed by atoms with van der Waals surface area (Å²) in [4.78, 5) is 11.9. The lowest BCUT2D eigenvalue weighted by molar-refractivity contribution is -0.0351. The first kappa shape index (κ1) is 11.8. The molecule has 1 aliphatic rings. The zero-order valence-corrected chi connectivity index (χ0v) is 9.96. The lowest BCUT2D eigenvalue weighted by atomic mass is 10.2. The van der Waals surface area contributed by atoms with Crippen LogP contribution in [0.4, 0.5) is 4.39 Å². The van der Waals surface area contributed by atoms with Gasteiger partial charge in [0.25, 0.3) is 0 Å². The van der Waals surface area contributed by atoms with Gasteiger partial charge in [0.1, 0.15) is 18.0 Å². The normalized spacial score (nSPS) is 28.1. The number of halogens is 2. The second-order valence-electron chi connectivity index (χ2n) is 4.07. The van der Waals surface area contributed by atoms with Gasteiger partial charge in [0, 0.05) is 6.42 Å². The fraction of sp³-hybridized carbons (Fsp3) is 0.500. The van der Waals surface area contributed by atoms with Crippen LogP contribution in [0.5, 0.6) is 0 Å². The van der Waals surface area contributed by atoms with Crippen LogP contribution in [0.15, 0.2) is 12.7 Å². The molecule has 0 aliphatic carbocycles. The van der Waals surface area contributed by atoms with Crippen LogP contribution in [0.2, 0.25) is 5.15 Å². The minimum Gasteiger partial charge on any atom is -0.394 e. The summed E-state index contributed by atoms with van der Waals surface area (Å²) in [6.45, 7) is -0.209. The SMILES string of the molecule is OC[C@@H]1C[C@@H](F)[C@H](n2cnc3c(Cl)ncnc32)O1. The Bertz CT molecular complexity index is 578. The topological polar surface area (TPSA) is 73.1 Å². The van der Waals surface area contributed by atoms with Crippen LogP contribution in [-0.2, 0) is 4.74 Å². The van der Waals surface area contributed by atoms with Crippen molar-refractivity contribution in [2.45, 2.75) is 24.9 Å². The summed E-state index contributed by atoms with van der Waals surface area (Å²) in [5, 5.41) is 9.21. The molecule has 3 heterocycles. The predicted octanol–water partition coefficient (Wildman–Crippen LogP) is 1.10. The lowest BCUT2D eigenvalue weighted by Gasteiger charge is -2.15. The zero-order chi connectivity index (χ0) is 12.7. The third-order valence-electron chi connectivity index (χ3n) is 2.92. The number of nitrogens with zero attached hydrogens (tertiary/aromatic N) is 4. The summed E-state index contributed by atoms with van der Waals surface area (Å²) in [5.41, 5.74) is 0.823. The molecular weight excluding hydrogens is 263 g/mol. The van der Waals surface area contributed by atoms with Gasteiger partial charge < -0.3 is 9.84 Å². The van der Waals surface area contributed by atoms with Crippen molar-refractivity contribution in [2.75, 3.05) is 6.61 Å². The molecule has 1 saturated heterocycles. The number of rotatable bonds is 2. The molecule has 6 nitrogen and oxygen atoms in total. The summed E-state index contributed by atoms with van der Waals surface area (Å²) in [6.07, 6.45) is 0.308. The smallest absolute Gasteiger partial charge is 0.168 e. The summed E-state index contributed by atoms with van der Waals surface area (Å²) in [7, 11) is 0. The molecular formula is C10H10ClFN4O2. The molecule has 1 fully saturated rings. The molecule has 0 unspecified atom stereocenters. The Balaban J connectivity index is 2.02. The van der Waals surface area contributed by atoms with Gasteiger partial charge in [-0.2, -0.15) is 0 Å². The minimum absolute atomic E-state index is 0.152. The van der Waals surface area contributed by atoms with Crippen LogP contribution in [0, 0.1) is 0 Å². The van der Waals surface area contributed by atoms with Crippen LogP contribution in [-0.4, -0.2) is 43.5 Å². The van der Waals surface area contributed by atoms with Crippen molar-refractivity contribution in [2.24, 2.45) is 0 Å². The van der Waals surface area contributed by atoms with E-state index >= 15 is 0 Å². The molecule has 3 atom stereocenters. The number of aliphatic hydroxyl groups excluding tert-OH is 1. The monoisotopic (exact) mass is 272 g/mol. The van der Waals surface area contributed by atoms with E-state index in [4.69, 9.17) is 21.4 Å². The van der Waals surface area contributed by atoms with Crippen LogP contribution in [0.1, 0.15) is 12.6 Å². The first-order valence-electron chi connectivity index (χ1n) is 5.44. The number of aromatic nitrogens is 4. The fourth-order valence-electron chi connectivity index (χ4n) is 2.07. The Morgan fingerprint density at radius 3 is 3.06 bits per heavy atom. The molecule has 2 aromatic heterocycles. The Morgan fingerprint density at radius 1 is 1.50 bits per heavy atom. The summed E-state index contributed by atoms with van der Waals surface area (Å²) < 4.78 is 20.7. The Morgan fingerprint density at radius 2 is 2.33 bits per heavy atom. The van der Waals surface area contributed by atoms with Gasteiger partial charge in [-0.15, -0.1) is 0 Å². The Hall–Kier alpha value is -1.31. The van der Waals surface area contributed by atoms with Crippen molar-refractivity contribution in [3.63, 3.8) is 0 Å². The molecule has 0 amide bonds. The molecule has 2 aromatic rings. The number of ether oxygens (including phenoxy) is 1. The van der Waals surface area contributed by atoms with E-state index in [9.17, 15) is 4.39 Å². The zero-order valence-electron chi connectivity index (χ0n) is 9.20. The van der Waals surface area contributed by atoms with Crippen molar-refractivity contribution >= 4 is 22.8 Å². The van der Waals surface area contributed by atoms with E-state index in [2.05, 4.69) is 15.0 Å². The molecule has 0 bridgehead atoms. The van der Waals surface area contributed by atoms with E-state index in [-0.39, 0.29) is 18.2 Å². The molecule has 0 radical (unpaired) electrons. The van der Waals surface area contributed by atoms with Gasteiger partial charge in [-0.3, -0.25) is 4.57 Å². The maximum Gasteiger partial charge on any atom is 0.168 e. The number of hydrogen-bond donors (Lipinski definition) is 1. The van der Waals surface area contributed by atoms with Crippen molar-refractivity contribution < 1.29 is 14.2 Å². The highest BCUT2D eigenvalue weighted by molar-refractivity contribution is 6.33. The van der Waals surface area contributed by atoms with E-state index in [1.807, 2.05) is 0 Å². The molecule has 0 aromatic carbocycles. The van der Waals surface area contributed by atoms with Crippen LogP contribution < -0.4 is 0 Å². The summed E-state index contributed by atoms with van der Waals surface area (Å²) in [6, 6.07) is 0. The fourth-order valence-corrected chi connectivity index (χ4v) is 2.25. The van der Waals surface area contributed by atoms with Gasteiger partial charge in [0.15, 0.2) is 17.0 Å². The van der Waals surface area contributed by atoms with Gasteiger partial charge in [-0.1, -0.05) is 11.6 Å². The Kier molecular flexibility index (Phi) is 2.89. The molecule has 0 saturated carbocycles. The van der Waals surface area contributed by atoms with Gasteiger partial charge in [0.05, 0.1) is 19.0 Å². The lowest BCUT2D eigenvalue weighted by Crippen LogP contribution is -2.16. The molecule has 8 heteroatoms. The molecule has 1 aliphatic heterocycles. The van der Waals surface area contributed by atoms with Crippen molar-refractivity contribution in [1.29, 1.82) is 0 Å². The van der Waals surface area contributed by atoms with E-state index < -0.39 is 18.5 Å². The second-order valence-corrected chi connectivity index (χ2v) is 4.43. The highest BCUT2D eigenvalue weighted by Crippen LogP contribution is 2.33. The maximum absolute atomic E-state index is 13.9. The highest BCUT2D eigenvalue weighted by Gasteiger charge is 2.37. The van der Waals surface area contributed by atoms with E-state index in [1.54, 1.807) is 0 Å². The molecule has 96 valence electrons. The van der Waals surface area contributed by atoms with Gasteiger partial charge in [-0.05, 0) is 0 Å². The van der Waals surface area contributed by atoms with E-state index in [0.717, 1.165) is 0 Å². The minimum atomic E-state index is -1.21. The largest absolute Gasteiger partial charge is 0.394 e. The number of hydrogen-bond acceptors (Lipinski definition) is 5. The standard InChI is InChI=1S/C10H10ClFN4O2/c11-8-7-9(14-3-13-8)16(4-15-7)10-6(12)1-5(2-17)18-10/h3-6,10,17H,1-2H2/t5-,6+,10+/m0/s1. The number of fused-ring (bicyclic) bond motifs is 1. The number of imidazole rings is 1. The average molecular weight is 273 g/mol. The van der Waals surface area contributed by atoms with Crippen LogP contribution >= 0.6 is 11.6 Å². The van der Waals surface area contributed by atoms with Gasteiger partial charge in [0.2, 0.25) is 0 Å². The van der Waals surface area contributed by atoms with E-state index in [1.165, 1.54) is 17.2 Å².